The molecule has 14 heavy (non-hydrogen) atoms. The van der Waals surface area contributed by atoms with Gasteiger partial charge in [0.05, 0.1) is 0 Å². The van der Waals surface area contributed by atoms with Gasteiger partial charge in [-0.3, -0.25) is 9.59 Å². The number of rotatable bonds is 3. The molecule has 1 unspecified atom stereocenters. The van der Waals surface area contributed by atoms with Crippen LogP contribution < -0.4 is 0 Å². The fourth-order valence-corrected chi connectivity index (χ4v) is 1.41. The van der Waals surface area contributed by atoms with Crippen molar-refractivity contribution in [2.24, 2.45) is 0 Å². The lowest BCUT2D eigenvalue weighted by molar-refractivity contribution is -0.118. The van der Waals surface area contributed by atoms with Crippen LogP contribution >= 0.6 is 0 Å². The van der Waals surface area contributed by atoms with Crippen LogP contribution in [0.15, 0.2) is 24.3 Å². The van der Waals surface area contributed by atoms with Crippen LogP contribution in [0.25, 0.3) is 0 Å². The molecule has 1 rings (SSSR count). The summed E-state index contributed by atoms with van der Waals surface area (Å²) in [6, 6.07) is 7.26. The molecule has 0 aliphatic rings. The normalized spacial score (nSPS) is 12.2. The fourth-order valence-electron chi connectivity index (χ4n) is 1.41. The second-order valence-corrected chi connectivity index (χ2v) is 3.48. The molecular weight excluding hydrogens is 176 g/mol. The highest BCUT2D eigenvalue weighted by molar-refractivity contribution is 5.97. The Hall–Kier alpha value is -1.44. The molecule has 74 valence electrons. The molecule has 0 saturated carbocycles. The van der Waals surface area contributed by atoms with Crippen molar-refractivity contribution >= 4 is 11.6 Å². The van der Waals surface area contributed by atoms with E-state index in [2.05, 4.69) is 0 Å². The van der Waals surface area contributed by atoms with Gasteiger partial charge in [-0.05, 0) is 19.4 Å². The second kappa shape index (κ2) is 4.18. The number of Topliss-reactive ketones (excluding diaryl/α,β-unsaturated/α-hetero) is 2. The average molecular weight is 190 g/mol. The Labute approximate surface area is 83.9 Å². The van der Waals surface area contributed by atoms with Gasteiger partial charge in [0.2, 0.25) is 0 Å². The topological polar surface area (TPSA) is 34.1 Å². The van der Waals surface area contributed by atoms with E-state index in [1.807, 2.05) is 25.1 Å². The third-order valence-corrected chi connectivity index (χ3v) is 2.42. The van der Waals surface area contributed by atoms with E-state index < -0.39 is 0 Å². The summed E-state index contributed by atoms with van der Waals surface area (Å²) in [7, 11) is 0. The highest BCUT2D eigenvalue weighted by Gasteiger charge is 2.15. The summed E-state index contributed by atoms with van der Waals surface area (Å²) >= 11 is 0. The lowest BCUT2D eigenvalue weighted by Gasteiger charge is -2.11. The predicted molar refractivity (Wildman–Crippen MR) is 55.5 cm³/mol. The molecule has 2 heteroatoms. The zero-order chi connectivity index (χ0) is 10.7. The van der Waals surface area contributed by atoms with Gasteiger partial charge in [0.25, 0.3) is 0 Å². The SMILES string of the molecule is CC(=O)c1ccccc1C(C)C(C)=O. The first-order valence-corrected chi connectivity index (χ1v) is 4.64. The minimum absolute atomic E-state index is 0.00806. The monoisotopic (exact) mass is 190 g/mol. The van der Waals surface area contributed by atoms with Gasteiger partial charge in [0.15, 0.2) is 5.78 Å². The van der Waals surface area contributed by atoms with Crippen LogP contribution in [-0.2, 0) is 4.79 Å². The van der Waals surface area contributed by atoms with Crippen LogP contribution in [0.1, 0.15) is 42.6 Å². The number of hydrogen-bond acceptors (Lipinski definition) is 2. The molecule has 0 N–H and O–H groups in total. The molecule has 1 aromatic rings. The van der Waals surface area contributed by atoms with Gasteiger partial charge in [0.1, 0.15) is 5.78 Å². The van der Waals surface area contributed by atoms with Crippen LogP contribution in [0.2, 0.25) is 0 Å². The average Bonchev–Trinajstić information content (AvgIpc) is 2.16. The Bertz CT molecular complexity index is 366. The number of hydrogen-bond donors (Lipinski definition) is 0. The lowest BCUT2D eigenvalue weighted by Crippen LogP contribution is -2.09. The molecule has 0 bridgehead atoms. The summed E-state index contributed by atoms with van der Waals surface area (Å²) in [6.45, 7) is 4.89. The quantitative estimate of drug-likeness (QED) is 0.686. The molecule has 2 nitrogen and oxygen atoms in total. The lowest BCUT2D eigenvalue weighted by atomic mass is 9.91. The van der Waals surface area contributed by atoms with E-state index in [-0.39, 0.29) is 17.5 Å². The Morgan fingerprint density at radius 3 is 2.21 bits per heavy atom. The maximum atomic E-state index is 11.3. The summed E-state index contributed by atoms with van der Waals surface area (Å²) in [5, 5.41) is 0. The molecule has 1 aromatic carbocycles. The molecule has 0 fully saturated rings. The maximum absolute atomic E-state index is 11.3. The number of ketones is 2. The van der Waals surface area contributed by atoms with Gasteiger partial charge in [-0.25, -0.2) is 0 Å². The molecule has 0 spiro atoms. The van der Waals surface area contributed by atoms with E-state index in [0.29, 0.717) is 5.56 Å². The summed E-state index contributed by atoms with van der Waals surface area (Å²) in [4.78, 5) is 22.5. The van der Waals surface area contributed by atoms with Crippen molar-refractivity contribution in [2.45, 2.75) is 26.7 Å². The first-order chi connectivity index (χ1) is 6.54. The highest BCUT2D eigenvalue weighted by atomic mass is 16.1. The van der Waals surface area contributed by atoms with Gasteiger partial charge >= 0.3 is 0 Å². The first kappa shape index (κ1) is 10.6. The van der Waals surface area contributed by atoms with Crippen molar-refractivity contribution < 1.29 is 9.59 Å². The van der Waals surface area contributed by atoms with E-state index in [0.717, 1.165) is 5.56 Å². The molecule has 0 aromatic heterocycles. The minimum Gasteiger partial charge on any atom is -0.299 e. The van der Waals surface area contributed by atoms with E-state index in [9.17, 15) is 9.59 Å². The standard InChI is InChI=1S/C12H14O2/c1-8(9(2)13)11-6-4-5-7-12(11)10(3)14/h4-8H,1-3H3. The smallest absolute Gasteiger partial charge is 0.160 e. The molecular formula is C12H14O2. The van der Waals surface area contributed by atoms with Gasteiger partial charge < -0.3 is 0 Å². The zero-order valence-electron chi connectivity index (χ0n) is 8.70. The first-order valence-electron chi connectivity index (χ1n) is 4.64. The molecule has 0 aliphatic carbocycles. The summed E-state index contributed by atoms with van der Waals surface area (Å²) < 4.78 is 0. The minimum atomic E-state index is -0.199. The van der Waals surface area contributed by atoms with Gasteiger partial charge in [-0.15, -0.1) is 0 Å². The van der Waals surface area contributed by atoms with Crippen LogP contribution in [0, 0.1) is 0 Å². The number of benzene rings is 1. The van der Waals surface area contributed by atoms with E-state index in [1.54, 1.807) is 13.0 Å². The van der Waals surface area contributed by atoms with Gasteiger partial charge in [0, 0.05) is 11.5 Å². The fraction of sp³-hybridized carbons (Fsp3) is 0.333. The molecule has 0 saturated heterocycles. The summed E-state index contributed by atoms with van der Waals surface area (Å²) in [6.07, 6.45) is 0. The van der Waals surface area contributed by atoms with E-state index in [1.165, 1.54) is 6.92 Å². The van der Waals surface area contributed by atoms with Crippen molar-refractivity contribution in [3.8, 4) is 0 Å². The van der Waals surface area contributed by atoms with Crippen LogP contribution in [0.3, 0.4) is 0 Å². The number of carbonyl (C=O) groups excluding carboxylic acids is 2. The molecule has 0 aliphatic heterocycles. The van der Waals surface area contributed by atoms with Crippen molar-refractivity contribution in [1.82, 2.24) is 0 Å². The summed E-state index contributed by atoms with van der Waals surface area (Å²) in [5.41, 5.74) is 1.47. The largest absolute Gasteiger partial charge is 0.299 e. The second-order valence-electron chi connectivity index (χ2n) is 3.48. The Morgan fingerprint density at radius 2 is 1.71 bits per heavy atom. The maximum Gasteiger partial charge on any atom is 0.160 e. The van der Waals surface area contributed by atoms with Crippen molar-refractivity contribution in [2.75, 3.05) is 0 Å². The number of carbonyl (C=O) groups is 2. The van der Waals surface area contributed by atoms with Crippen LogP contribution in [0.4, 0.5) is 0 Å². The van der Waals surface area contributed by atoms with E-state index in [4.69, 9.17) is 0 Å². The van der Waals surface area contributed by atoms with E-state index >= 15 is 0 Å². The molecule has 1 atom stereocenters. The Balaban J connectivity index is 3.19. The Morgan fingerprint density at radius 1 is 1.14 bits per heavy atom. The van der Waals surface area contributed by atoms with Crippen molar-refractivity contribution in [1.29, 1.82) is 0 Å². The van der Waals surface area contributed by atoms with Crippen molar-refractivity contribution in [3.63, 3.8) is 0 Å². The molecule has 0 amide bonds. The highest BCUT2D eigenvalue weighted by Crippen LogP contribution is 2.20. The summed E-state index contributed by atoms with van der Waals surface area (Å²) in [5.74, 6) is -0.109. The third-order valence-electron chi connectivity index (χ3n) is 2.42. The molecule has 0 radical (unpaired) electrons. The molecule has 0 heterocycles. The van der Waals surface area contributed by atoms with Gasteiger partial charge in [-0.1, -0.05) is 31.2 Å². The van der Waals surface area contributed by atoms with Gasteiger partial charge in [-0.2, -0.15) is 0 Å². The van der Waals surface area contributed by atoms with Crippen LogP contribution in [0.5, 0.6) is 0 Å². The third kappa shape index (κ3) is 2.08. The predicted octanol–water partition coefficient (Wildman–Crippen LogP) is 2.58. The Kier molecular flexibility index (Phi) is 3.18. The van der Waals surface area contributed by atoms with Crippen LogP contribution in [-0.4, -0.2) is 11.6 Å². The van der Waals surface area contributed by atoms with Crippen molar-refractivity contribution in [3.05, 3.63) is 35.4 Å². The zero-order valence-corrected chi connectivity index (χ0v) is 8.70.